The Labute approximate surface area is 171 Å². The number of nitrogens with zero attached hydrogens (tertiary/aromatic N) is 3. The maximum Gasteiger partial charge on any atom is 0.279 e. The van der Waals surface area contributed by atoms with Crippen molar-refractivity contribution in [2.45, 2.75) is 19.9 Å². The fourth-order valence-corrected chi connectivity index (χ4v) is 4.12. The van der Waals surface area contributed by atoms with Gasteiger partial charge in [0.2, 0.25) is 0 Å². The molecule has 0 spiro atoms. The van der Waals surface area contributed by atoms with Crippen LogP contribution >= 0.6 is 11.8 Å². The summed E-state index contributed by atoms with van der Waals surface area (Å²) in [6.07, 6.45) is 0. The zero-order valence-electron chi connectivity index (χ0n) is 16.3. The maximum absolute atomic E-state index is 13.1. The first-order valence-electron chi connectivity index (χ1n) is 8.89. The molecule has 2 heterocycles. The van der Waals surface area contributed by atoms with Crippen molar-refractivity contribution in [3.8, 4) is 0 Å². The Morgan fingerprint density at radius 2 is 1.83 bits per heavy atom. The number of aromatic nitrogens is 2. The van der Waals surface area contributed by atoms with Crippen molar-refractivity contribution in [2.24, 2.45) is 7.05 Å². The van der Waals surface area contributed by atoms with Crippen LogP contribution in [-0.2, 0) is 11.8 Å². The number of hydrazine groups is 1. The highest BCUT2D eigenvalue weighted by Gasteiger charge is 2.37. The molecule has 0 aliphatic carbocycles. The van der Waals surface area contributed by atoms with Crippen LogP contribution in [-0.4, -0.2) is 50.1 Å². The molecule has 10 heteroatoms. The highest BCUT2D eigenvalue weighted by Crippen LogP contribution is 2.23. The van der Waals surface area contributed by atoms with E-state index in [9.17, 15) is 19.2 Å². The third kappa shape index (κ3) is 4.16. The van der Waals surface area contributed by atoms with Crippen LogP contribution < -0.4 is 16.4 Å². The Bertz CT molecular complexity index is 1020. The summed E-state index contributed by atoms with van der Waals surface area (Å²) in [6, 6.07) is 7.64. The van der Waals surface area contributed by atoms with Gasteiger partial charge >= 0.3 is 0 Å². The minimum absolute atomic E-state index is 0.00798. The second-order valence-electron chi connectivity index (χ2n) is 6.61. The Morgan fingerprint density at radius 3 is 2.52 bits per heavy atom. The van der Waals surface area contributed by atoms with E-state index in [0.717, 1.165) is 4.68 Å². The quantitative estimate of drug-likeness (QED) is 0.701. The molecule has 1 aliphatic heterocycles. The van der Waals surface area contributed by atoms with E-state index < -0.39 is 29.3 Å². The minimum Gasteiger partial charge on any atom is -0.316 e. The molecule has 2 N–H and O–H groups in total. The lowest BCUT2D eigenvalue weighted by molar-refractivity contribution is -0.125. The number of amides is 3. The van der Waals surface area contributed by atoms with Crippen molar-refractivity contribution in [3.05, 3.63) is 63.1 Å². The second-order valence-corrected chi connectivity index (χ2v) is 7.61. The second kappa shape index (κ2) is 8.48. The molecule has 29 heavy (non-hydrogen) atoms. The summed E-state index contributed by atoms with van der Waals surface area (Å²) in [5, 5.41) is 4.08. The van der Waals surface area contributed by atoms with Gasteiger partial charge in [-0.3, -0.25) is 30.0 Å². The van der Waals surface area contributed by atoms with Gasteiger partial charge < -0.3 is 4.90 Å². The van der Waals surface area contributed by atoms with Gasteiger partial charge in [-0.15, -0.1) is 11.8 Å². The van der Waals surface area contributed by atoms with Gasteiger partial charge in [-0.1, -0.05) is 18.2 Å². The zero-order valence-corrected chi connectivity index (χ0v) is 17.1. The van der Waals surface area contributed by atoms with E-state index in [1.807, 2.05) is 0 Å². The Balaban J connectivity index is 1.75. The number of nitrogens with one attached hydrogen (secondary N) is 2. The topological polar surface area (TPSA) is 113 Å². The monoisotopic (exact) mass is 415 g/mol. The van der Waals surface area contributed by atoms with Crippen LogP contribution in [0.2, 0.25) is 0 Å². The number of aryl methyl sites for hydroxylation is 2. The summed E-state index contributed by atoms with van der Waals surface area (Å²) < 4.78 is 1.12. The van der Waals surface area contributed by atoms with Crippen molar-refractivity contribution in [1.82, 2.24) is 25.5 Å². The van der Waals surface area contributed by atoms with E-state index in [1.54, 1.807) is 44.2 Å². The van der Waals surface area contributed by atoms with Crippen LogP contribution in [0.15, 0.2) is 35.1 Å². The number of carbonyl (C=O) groups excluding carboxylic acids is 3. The minimum atomic E-state index is -0.804. The molecule has 1 aromatic carbocycles. The van der Waals surface area contributed by atoms with Crippen LogP contribution in [0.3, 0.4) is 0 Å². The first-order chi connectivity index (χ1) is 13.8. The molecule has 9 nitrogen and oxygen atoms in total. The molecule has 1 unspecified atom stereocenters. The van der Waals surface area contributed by atoms with E-state index in [2.05, 4.69) is 16.0 Å². The predicted octanol–water partition coefficient (Wildman–Crippen LogP) is 0.373. The van der Waals surface area contributed by atoms with Gasteiger partial charge in [0.1, 0.15) is 11.6 Å². The van der Waals surface area contributed by atoms with E-state index >= 15 is 0 Å². The summed E-state index contributed by atoms with van der Waals surface area (Å²) in [7, 11) is 1.48. The van der Waals surface area contributed by atoms with Crippen LogP contribution in [0.5, 0.6) is 0 Å². The van der Waals surface area contributed by atoms with Crippen LogP contribution in [0.4, 0.5) is 0 Å². The molecule has 1 aromatic heterocycles. The summed E-state index contributed by atoms with van der Waals surface area (Å²) in [5.74, 6) is -0.867. The number of carbonyl (C=O) groups is 3. The molecule has 0 saturated carbocycles. The normalized spacial score (nSPS) is 15.8. The number of hydrogen-bond donors (Lipinski definition) is 2. The SMILES string of the molecule is Cc1nn(C)c(=O)c(C(=O)N2CSCC2C(=O)NNC(=O)c2ccccc2)c1C. The van der Waals surface area contributed by atoms with Gasteiger partial charge in [0.05, 0.1) is 11.6 Å². The van der Waals surface area contributed by atoms with Gasteiger partial charge in [0, 0.05) is 18.4 Å². The highest BCUT2D eigenvalue weighted by atomic mass is 32.2. The highest BCUT2D eigenvalue weighted by molar-refractivity contribution is 7.99. The third-order valence-electron chi connectivity index (χ3n) is 4.72. The van der Waals surface area contributed by atoms with Crippen molar-refractivity contribution >= 4 is 29.5 Å². The molecular weight excluding hydrogens is 394 g/mol. The molecule has 0 radical (unpaired) electrons. The molecule has 1 fully saturated rings. The standard InChI is InChI=1S/C19H21N5O4S/c1-11-12(2)22-23(3)18(27)15(11)19(28)24-10-29-9-14(24)17(26)21-20-16(25)13-7-5-4-6-8-13/h4-8,14H,9-10H2,1-3H3,(H,20,25)(H,21,26). The summed E-state index contributed by atoms with van der Waals surface area (Å²) >= 11 is 1.40. The lowest BCUT2D eigenvalue weighted by Crippen LogP contribution is -2.53. The lowest BCUT2D eigenvalue weighted by atomic mass is 10.1. The average Bonchev–Trinajstić information content (AvgIpc) is 3.21. The molecule has 152 valence electrons. The molecule has 3 amide bonds. The van der Waals surface area contributed by atoms with Crippen molar-refractivity contribution < 1.29 is 14.4 Å². The summed E-state index contributed by atoms with van der Waals surface area (Å²) in [5.41, 5.74) is 5.68. The maximum atomic E-state index is 13.1. The average molecular weight is 415 g/mol. The zero-order chi connectivity index (χ0) is 21.1. The van der Waals surface area contributed by atoms with Gasteiger partial charge in [0.15, 0.2) is 0 Å². The fraction of sp³-hybridized carbons (Fsp3) is 0.316. The van der Waals surface area contributed by atoms with E-state index in [1.165, 1.54) is 23.7 Å². The van der Waals surface area contributed by atoms with E-state index in [0.29, 0.717) is 22.6 Å². The Kier molecular flexibility index (Phi) is 6.02. The number of hydrogen-bond acceptors (Lipinski definition) is 6. The Hall–Kier alpha value is -3.14. The van der Waals surface area contributed by atoms with Gasteiger partial charge in [-0.05, 0) is 31.5 Å². The van der Waals surface area contributed by atoms with Crippen LogP contribution in [0.25, 0.3) is 0 Å². The van der Waals surface area contributed by atoms with Crippen molar-refractivity contribution in [3.63, 3.8) is 0 Å². The molecule has 0 bridgehead atoms. The van der Waals surface area contributed by atoms with Crippen molar-refractivity contribution in [1.29, 1.82) is 0 Å². The smallest absolute Gasteiger partial charge is 0.279 e. The first kappa shape index (κ1) is 20.6. The third-order valence-corrected chi connectivity index (χ3v) is 5.73. The molecule has 1 atom stereocenters. The van der Waals surface area contributed by atoms with Crippen molar-refractivity contribution in [2.75, 3.05) is 11.6 Å². The molecule has 3 rings (SSSR count). The van der Waals surface area contributed by atoms with Crippen LogP contribution in [0.1, 0.15) is 32.0 Å². The van der Waals surface area contributed by atoms with Gasteiger partial charge in [-0.25, -0.2) is 4.68 Å². The summed E-state index contributed by atoms with van der Waals surface area (Å²) in [4.78, 5) is 51.6. The lowest BCUT2D eigenvalue weighted by Gasteiger charge is -2.24. The van der Waals surface area contributed by atoms with E-state index in [-0.39, 0.29) is 11.4 Å². The number of benzene rings is 1. The predicted molar refractivity (Wildman–Crippen MR) is 108 cm³/mol. The molecule has 1 saturated heterocycles. The van der Waals surface area contributed by atoms with E-state index in [4.69, 9.17) is 0 Å². The Morgan fingerprint density at radius 1 is 1.14 bits per heavy atom. The van der Waals surface area contributed by atoms with Gasteiger partial charge in [0.25, 0.3) is 23.3 Å². The number of rotatable bonds is 3. The molecule has 1 aliphatic rings. The molecular formula is C19H21N5O4S. The number of thioether (sulfide) groups is 1. The largest absolute Gasteiger partial charge is 0.316 e. The first-order valence-corrected chi connectivity index (χ1v) is 10.0. The van der Waals surface area contributed by atoms with Gasteiger partial charge in [-0.2, -0.15) is 5.10 Å². The van der Waals surface area contributed by atoms with Crippen LogP contribution in [0, 0.1) is 13.8 Å². The molecule has 2 aromatic rings. The summed E-state index contributed by atoms with van der Waals surface area (Å²) in [6.45, 7) is 3.38. The fourth-order valence-electron chi connectivity index (χ4n) is 2.97.